The molecule has 20 heavy (non-hydrogen) atoms. The van der Waals surface area contributed by atoms with Crippen LogP contribution in [0.5, 0.6) is 5.75 Å². The zero-order valence-electron chi connectivity index (χ0n) is 11.7. The fourth-order valence-corrected chi connectivity index (χ4v) is 2.22. The van der Waals surface area contributed by atoms with Gasteiger partial charge in [-0.2, -0.15) is 0 Å². The quantitative estimate of drug-likeness (QED) is 0.782. The summed E-state index contributed by atoms with van der Waals surface area (Å²) >= 11 is 4.89. The van der Waals surface area contributed by atoms with Gasteiger partial charge in [0.25, 0.3) is 5.91 Å². The molecule has 0 aliphatic heterocycles. The lowest BCUT2D eigenvalue weighted by Crippen LogP contribution is -2.37. The smallest absolute Gasteiger partial charge is 0.260 e. The number of benzene rings is 1. The Labute approximate surface area is 124 Å². The molecule has 0 aromatic heterocycles. The molecule has 0 radical (unpaired) electrons. The summed E-state index contributed by atoms with van der Waals surface area (Å²) in [4.78, 5) is 14.4. The first-order valence-corrected chi connectivity index (χ1v) is 7.34. The number of carbonyl (C=O) groups is 1. The van der Waals surface area contributed by atoms with Gasteiger partial charge in [-0.1, -0.05) is 19.1 Å². The van der Waals surface area contributed by atoms with E-state index < -0.39 is 0 Å². The van der Waals surface area contributed by atoms with Crippen LogP contribution < -0.4 is 10.5 Å². The van der Waals surface area contributed by atoms with E-state index in [9.17, 15) is 4.79 Å². The fraction of sp³-hybridized carbons (Fsp3) is 0.467. The number of nitrogens with zero attached hydrogens (tertiary/aromatic N) is 1. The largest absolute Gasteiger partial charge is 0.484 e. The molecule has 1 aliphatic rings. The minimum atomic E-state index is 0.0628. The average molecular weight is 292 g/mol. The molecule has 1 amide bonds. The van der Waals surface area contributed by atoms with E-state index in [-0.39, 0.29) is 12.5 Å². The molecule has 0 spiro atoms. The van der Waals surface area contributed by atoms with Crippen molar-refractivity contribution >= 4 is 23.1 Å². The number of hydrogen-bond acceptors (Lipinski definition) is 3. The van der Waals surface area contributed by atoms with E-state index in [1.807, 2.05) is 4.90 Å². The second kappa shape index (κ2) is 6.70. The molecule has 1 aromatic rings. The monoisotopic (exact) mass is 292 g/mol. The van der Waals surface area contributed by atoms with Crippen LogP contribution in [0.15, 0.2) is 24.3 Å². The Morgan fingerprint density at radius 2 is 2.05 bits per heavy atom. The fourth-order valence-electron chi connectivity index (χ4n) is 2.08. The van der Waals surface area contributed by atoms with Gasteiger partial charge in [-0.05, 0) is 43.5 Å². The molecule has 108 valence electrons. The maximum Gasteiger partial charge on any atom is 0.260 e. The highest BCUT2D eigenvalue weighted by molar-refractivity contribution is 7.80. The summed E-state index contributed by atoms with van der Waals surface area (Å²) in [7, 11) is 0. The van der Waals surface area contributed by atoms with E-state index in [2.05, 4.69) is 6.92 Å². The summed E-state index contributed by atoms with van der Waals surface area (Å²) in [6, 6.07) is 7.59. The van der Waals surface area contributed by atoms with Crippen LogP contribution in [0.4, 0.5) is 0 Å². The van der Waals surface area contributed by atoms with E-state index in [1.54, 1.807) is 24.3 Å². The molecule has 5 heteroatoms. The maximum atomic E-state index is 12.1. The molecule has 0 heterocycles. The summed E-state index contributed by atoms with van der Waals surface area (Å²) in [5.74, 6) is 0.721. The van der Waals surface area contributed by atoms with Crippen molar-refractivity contribution < 1.29 is 9.53 Å². The van der Waals surface area contributed by atoms with Crippen molar-refractivity contribution in [2.45, 2.75) is 32.2 Å². The van der Waals surface area contributed by atoms with Crippen molar-refractivity contribution in [1.82, 2.24) is 4.90 Å². The standard InChI is InChI=1S/C15H20N2O2S/c1-2-9-17(12-5-6-12)14(18)10-19-13-7-3-11(4-8-13)15(16)20/h3-4,7-8,12H,2,5-6,9-10H2,1H3,(H2,16,20). The lowest BCUT2D eigenvalue weighted by Gasteiger charge is -2.21. The lowest BCUT2D eigenvalue weighted by atomic mass is 10.2. The van der Waals surface area contributed by atoms with Crippen LogP contribution in [0.25, 0.3) is 0 Å². The van der Waals surface area contributed by atoms with Crippen LogP contribution in [-0.4, -0.2) is 35.0 Å². The van der Waals surface area contributed by atoms with Crippen molar-refractivity contribution in [2.75, 3.05) is 13.2 Å². The second-order valence-electron chi connectivity index (χ2n) is 5.00. The van der Waals surface area contributed by atoms with Gasteiger partial charge < -0.3 is 15.4 Å². The maximum absolute atomic E-state index is 12.1. The van der Waals surface area contributed by atoms with Gasteiger partial charge in [0.2, 0.25) is 0 Å². The average Bonchev–Trinajstić information content (AvgIpc) is 3.27. The highest BCUT2D eigenvalue weighted by atomic mass is 32.1. The van der Waals surface area contributed by atoms with Gasteiger partial charge in [-0.3, -0.25) is 4.79 Å². The van der Waals surface area contributed by atoms with Crippen molar-refractivity contribution in [3.63, 3.8) is 0 Å². The van der Waals surface area contributed by atoms with E-state index in [0.717, 1.165) is 31.4 Å². The Balaban J connectivity index is 1.87. The normalized spacial score (nSPS) is 13.8. The van der Waals surface area contributed by atoms with Gasteiger partial charge in [-0.25, -0.2) is 0 Å². The second-order valence-corrected chi connectivity index (χ2v) is 5.44. The Morgan fingerprint density at radius 3 is 2.55 bits per heavy atom. The predicted molar refractivity (Wildman–Crippen MR) is 82.9 cm³/mol. The molecule has 0 atom stereocenters. The van der Waals surface area contributed by atoms with Crippen molar-refractivity contribution in [3.8, 4) is 5.75 Å². The van der Waals surface area contributed by atoms with E-state index in [1.165, 1.54) is 0 Å². The Morgan fingerprint density at radius 1 is 1.40 bits per heavy atom. The van der Waals surface area contributed by atoms with E-state index in [0.29, 0.717) is 16.8 Å². The Kier molecular flexibility index (Phi) is 4.95. The minimum Gasteiger partial charge on any atom is -0.484 e. The molecule has 4 nitrogen and oxygen atoms in total. The molecule has 2 rings (SSSR count). The van der Waals surface area contributed by atoms with Crippen LogP contribution in [0, 0.1) is 0 Å². The molecule has 0 bridgehead atoms. The molecule has 1 saturated carbocycles. The summed E-state index contributed by atoms with van der Waals surface area (Å²) in [5, 5.41) is 0. The predicted octanol–water partition coefficient (Wildman–Crippen LogP) is 2.10. The summed E-state index contributed by atoms with van der Waals surface area (Å²) in [6.07, 6.45) is 3.22. The zero-order chi connectivity index (χ0) is 14.5. The Bertz CT molecular complexity index is 483. The van der Waals surface area contributed by atoms with Gasteiger partial charge in [0, 0.05) is 18.2 Å². The summed E-state index contributed by atoms with van der Waals surface area (Å²) in [6.45, 7) is 2.98. The highest BCUT2D eigenvalue weighted by Crippen LogP contribution is 2.27. The Hall–Kier alpha value is -1.62. The van der Waals surface area contributed by atoms with Gasteiger partial charge in [0.15, 0.2) is 6.61 Å². The number of carbonyl (C=O) groups excluding carboxylic acids is 1. The van der Waals surface area contributed by atoms with Gasteiger partial charge in [0.05, 0.1) is 0 Å². The van der Waals surface area contributed by atoms with E-state index >= 15 is 0 Å². The number of nitrogens with two attached hydrogens (primary N) is 1. The molecular formula is C15H20N2O2S. The number of ether oxygens (including phenoxy) is 1. The number of rotatable bonds is 7. The van der Waals surface area contributed by atoms with Gasteiger partial charge >= 0.3 is 0 Å². The molecular weight excluding hydrogens is 272 g/mol. The molecule has 2 N–H and O–H groups in total. The van der Waals surface area contributed by atoms with Crippen LogP contribution >= 0.6 is 12.2 Å². The molecule has 0 unspecified atom stereocenters. The number of hydrogen-bond donors (Lipinski definition) is 1. The van der Waals surface area contributed by atoms with Gasteiger partial charge in [0.1, 0.15) is 10.7 Å². The number of amides is 1. The van der Waals surface area contributed by atoms with Crippen molar-refractivity contribution in [3.05, 3.63) is 29.8 Å². The molecule has 0 saturated heterocycles. The topological polar surface area (TPSA) is 55.6 Å². The third-order valence-electron chi connectivity index (χ3n) is 3.27. The first kappa shape index (κ1) is 14.8. The van der Waals surface area contributed by atoms with Crippen LogP contribution in [0.1, 0.15) is 31.7 Å². The third kappa shape index (κ3) is 3.93. The van der Waals surface area contributed by atoms with Crippen molar-refractivity contribution in [1.29, 1.82) is 0 Å². The van der Waals surface area contributed by atoms with Crippen LogP contribution in [0.3, 0.4) is 0 Å². The number of thiocarbonyl (C=S) groups is 1. The highest BCUT2D eigenvalue weighted by Gasteiger charge is 2.31. The van der Waals surface area contributed by atoms with E-state index in [4.69, 9.17) is 22.7 Å². The van der Waals surface area contributed by atoms with Crippen molar-refractivity contribution in [2.24, 2.45) is 5.73 Å². The SMILES string of the molecule is CCCN(C(=O)COc1ccc(C(N)=S)cc1)C1CC1. The first-order chi connectivity index (χ1) is 9.61. The zero-order valence-corrected chi connectivity index (χ0v) is 12.5. The molecule has 1 aliphatic carbocycles. The minimum absolute atomic E-state index is 0.0628. The molecule has 1 aromatic carbocycles. The van der Waals surface area contributed by atoms with Gasteiger partial charge in [-0.15, -0.1) is 0 Å². The lowest BCUT2D eigenvalue weighted by molar-refractivity contribution is -0.134. The third-order valence-corrected chi connectivity index (χ3v) is 3.51. The molecule has 1 fully saturated rings. The van der Waals surface area contributed by atoms with Crippen LogP contribution in [0.2, 0.25) is 0 Å². The summed E-state index contributed by atoms with van der Waals surface area (Å²) in [5.41, 5.74) is 6.32. The van der Waals surface area contributed by atoms with Crippen LogP contribution in [-0.2, 0) is 4.79 Å². The summed E-state index contributed by atoms with van der Waals surface area (Å²) < 4.78 is 5.53. The first-order valence-electron chi connectivity index (χ1n) is 6.94.